The van der Waals surface area contributed by atoms with E-state index < -0.39 is 17.5 Å². The zero-order valence-corrected chi connectivity index (χ0v) is 13.7. The van der Waals surface area contributed by atoms with Crippen LogP contribution in [-0.2, 0) is 0 Å². The molecule has 27 heavy (non-hydrogen) atoms. The van der Waals surface area contributed by atoms with E-state index >= 15 is 0 Å². The first-order valence-corrected chi connectivity index (χ1v) is 7.84. The van der Waals surface area contributed by atoms with Crippen LogP contribution in [0.2, 0.25) is 0 Å². The summed E-state index contributed by atoms with van der Waals surface area (Å²) in [6.45, 7) is 0. The van der Waals surface area contributed by atoms with Crippen LogP contribution in [0.5, 0.6) is 0 Å². The minimum absolute atomic E-state index is 0.0833. The molecule has 0 unspecified atom stereocenters. The van der Waals surface area contributed by atoms with Gasteiger partial charge in [-0.15, -0.1) is 0 Å². The highest BCUT2D eigenvalue weighted by Gasteiger charge is 2.17. The minimum Gasteiger partial charge on any atom is -0.368 e. The van der Waals surface area contributed by atoms with Gasteiger partial charge in [0.1, 0.15) is 0 Å². The molecule has 2 aromatic heterocycles. The number of anilines is 2. The van der Waals surface area contributed by atoms with E-state index in [0.717, 1.165) is 6.07 Å². The highest BCUT2D eigenvalue weighted by molar-refractivity contribution is 6.11. The van der Waals surface area contributed by atoms with Crippen molar-refractivity contribution in [1.82, 2.24) is 20.2 Å². The number of rotatable bonds is 3. The van der Waals surface area contributed by atoms with Gasteiger partial charge in [0.2, 0.25) is 5.95 Å². The molecule has 0 fully saturated rings. The van der Waals surface area contributed by atoms with Gasteiger partial charge in [0.05, 0.1) is 23.6 Å². The standard InChI is InChI=1S/C18H12F2N6O/c19-13-3-1-2-11(15(13)20)9-4-5-14-12(6-9)16(26-25-14)17(27)24-10-7-22-18(21)23-8-10/h1-8H,(H,24,27)(H,25,26)(H2,21,22,23). The topological polar surface area (TPSA) is 110 Å². The number of nitrogens with one attached hydrogen (secondary N) is 2. The van der Waals surface area contributed by atoms with Crippen molar-refractivity contribution in [3.05, 3.63) is 66.1 Å². The number of amides is 1. The first-order chi connectivity index (χ1) is 13.0. The number of hydrogen-bond donors (Lipinski definition) is 3. The number of nitrogens with two attached hydrogens (primary N) is 1. The molecule has 4 rings (SSSR count). The van der Waals surface area contributed by atoms with E-state index in [4.69, 9.17) is 5.73 Å². The van der Waals surface area contributed by atoms with Crippen molar-refractivity contribution in [3.63, 3.8) is 0 Å². The number of carbonyl (C=O) groups is 1. The molecule has 4 aromatic rings. The Bertz CT molecular complexity index is 1160. The molecule has 0 saturated carbocycles. The van der Waals surface area contributed by atoms with E-state index in [1.54, 1.807) is 18.2 Å². The number of aromatic amines is 1. The molecule has 1 amide bonds. The van der Waals surface area contributed by atoms with E-state index in [-0.39, 0.29) is 17.2 Å². The fraction of sp³-hybridized carbons (Fsp3) is 0. The maximum Gasteiger partial charge on any atom is 0.276 e. The lowest BCUT2D eigenvalue weighted by molar-refractivity contribution is 0.102. The summed E-state index contributed by atoms with van der Waals surface area (Å²) in [4.78, 5) is 20.1. The molecule has 0 spiro atoms. The largest absolute Gasteiger partial charge is 0.368 e. The number of benzene rings is 2. The summed E-state index contributed by atoms with van der Waals surface area (Å²) in [6, 6.07) is 8.76. The molecule has 7 nitrogen and oxygen atoms in total. The molecule has 0 aliphatic rings. The third kappa shape index (κ3) is 3.06. The Morgan fingerprint density at radius 3 is 2.67 bits per heavy atom. The normalized spacial score (nSPS) is 10.9. The first kappa shape index (κ1) is 16.6. The van der Waals surface area contributed by atoms with Gasteiger partial charge < -0.3 is 11.1 Å². The number of nitrogen functional groups attached to an aromatic ring is 1. The SMILES string of the molecule is Nc1ncc(NC(=O)c2n[nH]c3ccc(-c4cccc(F)c4F)cc23)cn1. The zero-order chi connectivity index (χ0) is 19.0. The van der Waals surface area contributed by atoms with Crippen LogP contribution < -0.4 is 11.1 Å². The first-order valence-electron chi connectivity index (χ1n) is 7.84. The van der Waals surface area contributed by atoms with Crippen LogP contribution in [-0.4, -0.2) is 26.1 Å². The minimum atomic E-state index is -0.953. The van der Waals surface area contributed by atoms with Crippen molar-refractivity contribution in [3.8, 4) is 11.1 Å². The predicted octanol–water partition coefficient (Wildman–Crippen LogP) is 3.13. The lowest BCUT2D eigenvalue weighted by atomic mass is 10.0. The van der Waals surface area contributed by atoms with Gasteiger partial charge in [-0.2, -0.15) is 5.10 Å². The van der Waals surface area contributed by atoms with Gasteiger partial charge in [-0.05, 0) is 23.8 Å². The van der Waals surface area contributed by atoms with Crippen LogP contribution in [0.3, 0.4) is 0 Å². The number of aromatic nitrogens is 4. The van der Waals surface area contributed by atoms with E-state index in [9.17, 15) is 13.6 Å². The second-order valence-corrected chi connectivity index (χ2v) is 5.72. The highest BCUT2D eigenvalue weighted by atomic mass is 19.2. The quantitative estimate of drug-likeness (QED) is 0.516. The Morgan fingerprint density at radius 1 is 1.11 bits per heavy atom. The van der Waals surface area contributed by atoms with Gasteiger partial charge in [-0.25, -0.2) is 18.7 Å². The molecule has 2 aromatic carbocycles. The van der Waals surface area contributed by atoms with Crippen molar-refractivity contribution in [2.75, 3.05) is 11.1 Å². The zero-order valence-electron chi connectivity index (χ0n) is 13.7. The smallest absolute Gasteiger partial charge is 0.276 e. The molecule has 0 saturated heterocycles. The third-order valence-electron chi connectivity index (χ3n) is 3.97. The highest BCUT2D eigenvalue weighted by Crippen LogP contribution is 2.28. The summed E-state index contributed by atoms with van der Waals surface area (Å²) in [6.07, 6.45) is 2.73. The Hall–Kier alpha value is -3.88. The maximum atomic E-state index is 14.1. The van der Waals surface area contributed by atoms with Crippen LogP contribution in [0.15, 0.2) is 48.8 Å². The van der Waals surface area contributed by atoms with E-state index in [2.05, 4.69) is 25.5 Å². The van der Waals surface area contributed by atoms with Crippen molar-refractivity contribution < 1.29 is 13.6 Å². The molecule has 0 bridgehead atoms. The fourth-order valence-electron chi connectivity index (χ4n) is 2.67. The second-order valence-electron chi connectivity index (χ2n) is 5.72. The van der Waals surface area contributed by atoms with Crippen molar-refractivity contribution >= 4 is 28.4 Å². The number of halogens is 2. The summed E-state index contributed by atoms with van der Waals surface area (Å²) < 4.78 is 27.6. The molecule has 9 heteroatoms. The predicted molar refractivity (Wildman–Crippen MR) is 95.8 cm³/mol. The molecular formula is C18H12F2N6O. The Morgan fingerprint density at radius 2 is 1.89 bits per heavy atom. The van der Waals surface area contributed by atoms with Crippen LogP contribution in [0.1, 0.15) is 10.5 Å². The van der Waals surface area contributed by atoms with Crippen LogP contribution in [0.4, 0.5) is 20.4 Å². The number of H-pyrrole nitrogens is 1. The van der Waals surface area contributed by atoms with Crippen molar-refractivity contribution in [2.45, 2.75) is 0 Å². The van der Waals surface area contributed by atoms with Gasteiger partial charge in [-0.1, -0.05) is 18.2 Å². The summed E-state index contributed by atoms with van der Waals surface area (Å²) in [5.74, 6) is -2.32. The Kier molecular flexibility index (Phi) is 3.96. The number of fused-ring (bicyclic) bond motifs is 1. The third-order valence-corrected chi connectivity index (χ3v) is 3.97. The molecular weight excluding hydrogens is 354 g/mol. The number of nitrogens with zero attached hydrogens (tertiary/aromatic N) is 3. The van der Waals surface area contributed by atoms with E-state index in [1.807, 2.05) is 0 Å². The molecule has 134 valence electrons. The summed E-state index contributed by atoms with van der Waals surface area (Å²) in [7, 11) is 0. The van der Waals surface area contributed by atoms with Crippen molar-refractivity contribution in [2.24, 2.45) is 0 Å². The van der Waals surface area contributed by atoms with E-state index in [0.29, 0.717) is 22.2 Å². The average molecular weight is 366 g/mol. The van der Waals surface area contributed by atoms with Gasteiger partial charge in [0, 0.05) is 10.9 Å². The Labute approximate surface area is 151 Å². The number of carbonyl (C=O) groups excluding carboxylic acids is 1. The Balaban J connectivity index is 1.73. The molecule has 2 heterocycles. The van der Waals surface area contributed by atoms with Gasteiger partial charge in [-0.3, -0.25) is 9.89 Å². The summed E-state index contributed by atoms with van der Waals surface area (Å²) >= 11 is 0. The van der Waals surface area contributed by atoms with Crippen molar-refractivity contribution in [1.29, 1.82) is 0 Å². The number of hydrogen-bond acceptors (Lipinski definition) is 5. The summed E-state index contributed by atoms with van der Waals surface area (Å²) in [5.41, 5.74) is 6.95. The van der Waals surface area contributed by atoms with Gasteiger partial charge in [0.15, 0.2) is 17.3 Å². The van der Waals surface area contributed by atoms with Crippen LogP contribution in [0.25, 0.3) is 22.0 Å². The van der Waals surface area contributed by atoms with Crippen LogP contribution in [0, 0.1) is 11.6 Å². The van der Waals surface area contributed by atoms with E-state index in [1.165, 1.54) is 24.5 Å². The lowest BCUT2D eigenvalue weighted by Crippen LogP contribution is -2.13. The molecule has 0 aliphatic heterocycles. The van der Waals surface area contributed by atoms with Gasteiger partial charge in [0.25, 0.3) is 5.91 Å². The summed E-state index contributed by atoms with van der Waals surface area (Å²) in [5, 5.41) is 9.82. The fourth-order valence-corrected chi connectivity index (χ4v) is 2.67. The monoisotopic (exact) mass is 366 g/mol. The second kappa shape index (κ2) is 6.45. The van der Waals surface area contributed by atoms with Gasteiger partial charge >= 0.3 is 0 Å². The molecule has 4 N–H and O–H groups in total. The molecule has 0 aliphatic carbocycles. The van der Waals surface area contributed by atoms with Crippen LogP contribution >= 0.6 is 0 Å². The molecule has 0 atom stereocenters. The average Bonchev–Trinajstić information content (AvgIpc) is 3.09. The maximum absolute atomic E-state index is 14.1. The molecule has 0 radical (unpaired) electrons. The lowest BCUT2D eigenvalue weighted by Gasteiger charge is -2.06.